The van der Waals surface area contributed by atoms with Crippen LogP contribution < -0.4 is 11.1 Å². The molecule has 1 aromatic heterocycles. The fourth-order valence-corrected chi connectivity index (χ4v) is 15.1. The molecule has 0 spiro atoms. The minimum Gasteiger partial charge on any atom is -0.481 e. The van der Waals surface area contributed by atoms with Crippen LogP contribution in [0.4, 0.5) is 0 Å². The van der Waals surface area contributed by atoms with E-state index in [-0.39, 0.29) is 39.9 Å². The predicted molar refractivity (Wildman–Crippen MR) is 240 cm³/mol. The van der Waals surface area contributed by atoms with Gasteiger partial charge in [0.2, 0.25) is 0 Å². The molecule has 5 saturated carbocycles. The van der Waals surface area contributed by atoms with Gasteiger partial charge in [-0.05, 0) is 159 Å². The van der Waals surface area contributed by atoms with Gasteiger partial charge < -0.3 is 21.1 Å². The summed E-state index contributed by atoms with van der Waals surface area (Å²) in [5.74, 6) is 4.05. The van der Waals surface area contributed by atoms with E-state index in [1.807, 2.05) is 25.1 Å². The van der Waals surface area contributed by atoms with E-state index in [0.717, 1.165) is 54.8 Å². The maximum absolute atomic E-state index is 14.1. The number of hydrogen-bond acceptors (Lipinski definition) is 6. The molecule has 2 aromatic carbocycles. The Morgan fingerprint density at radius 3 is 2.35 bits per heavy atom. The van der Waals surface area contributed by atoms with Crippen LogP contribution in [0.5, 0.6) is 0 Å². The van der Waals surface area contributed by atoms with Gasteiger partial charge in [-0.2, -0.15) is 0 Å². The number of hydrogen-bond donors (Lipinski definition) is 4. The molecule has 1 heterocycles. The van der Waals surface area contributed by atoms with Crippen molar-refractivity contribution in [2.24, 2.45) is 81.2 Å². The van der Waals surface area contributed by atoms with E-state index in [2.05, 4.69) is 81.0 Å². The van der Waals surface area contributed by atoms with E-state index in [0.29, 0.717) is 66.3 Å². The van der Waals surface area contributed by atoms with Gasteiger partial charge in [0.05, 0.1) is 17.0 Å². The maximum atomic E-state index is 14.1. The first kappa shape index (κ1) is 43.0. The summed E-state index contributed by atoms with van der Waals surface area (Å²) in [6.45, 7) is 15.9. The lowest BCUT2D eigenvalue weighted by atomic mass is 9.37. The van der Waals surface area contributed by atoms with Crippen molar-refractivity contribution in [3.63, 3.8) is 0 Å². The van der Waals surface area contributed by atoms with Crippen molar-refractivity contribution in [3.05, 3.63) is 65.2 Å². The molecule has 0 bridgehead atoms. The first-order valence-corrected chi connectivity index (χ1v) is 23.6. The summed E-state index contributed by atoms with van der Waals surface area (Å²) >= 11 is 0. The monoisotopic (exact) mass is 817 g/mol. The largest absolute Gasteiger partial charge is 0.481 e. The number of benzene rings is 2. The van der Waals surface area contributed by atoms with Crippen molar-refractivity contribution in [2.45, 2.75) is 125 Å². The third-order valence-corrected chi connectivity index (χ3v) is 18.2. The number of H-pyrrole nitrogens is 1. The van der Waals surface area contributed by atoms with Crippen LogP contribution in [0.3, 0.4) is 0 Å². The summed E-state index contributed by atoms with van der Waals surface area (Å²) in [5, 5.41) is 13.3. The van der Waals surface area contributed by atoms with Crippen molar-refractivity contribution in [1.82, 2.24) is 15.3 Å². The number of nitrogens with zero attached hydrogens (tertiary/aromatic N) is 1. The molecule has 3 aromatic rings. The molecule has 6 aliphatic rings. The van der Waals surface area contributed by atoms with Gasteiger partial charge in [0.25, 0.3) is 0 Å². The normalized spacial score (nSPS) is 37.0. The Kier molecular flexibility index (Phi) is 11.9. The van der Waals surface area contributed by atoms with E-state index in [1.54, 1.807) is 5.57 Å². The van der Waals surface area contributed by atoms with Gasteiger partial charge in [-0.25, -0.2) is 4.98 Å². The Hall–Kier alpha value is -3.62. The molecule has 0 radical (unpaired) electrons. The number of carbonyl (C=O) groups excluding carboxylic acids is 2. The molecule has 5 fully saturated rings. The minimum atomic E-state index is -0.746. The molecule has 5 N–H and O–H groups in total. The van der Waals surface area contributed by atoms with Crippen LogP contribution in [0, 0.1) is 75.4 Å². The molecule has 8 nitrogen and oxygen atoms in total. The number of allylic oxidation sites excluding steroid dienone is 2. The lowest BCUT2D eigenvalue weighted by molar-refractivity contribution is -0.172. The fraction of sp³-hybridized carbons (Fsp3) is 0.654. The Balaban J connectivity index is 0.00000246. The molecule has 12 atom stereocenters. The van der Waals surface area contributed by atoms with E-state index in [1.165, 1.54) is 56.7 Å². The lowest BCUT2D eigenvalue weighted by Crippen LogP contribution is -2.60. The van der Waals surface area contributed by atoms with Gasteiger partial charge in [-0.15, -0.1) is 0 Å². The Morgan fingerprint density at radius 1 is 0.917 bits per heavy atom. The number of ketones is 2. The third-order valence-electron chi connectivity index (χ3n) is 18.2. The van der Waals surface area contributed by atoms with Gasteiger partial charge in [0, 0.05) is 36.3 Å². The molecule has 0 amide bonds. The first-order valence-electron chi connectivity index (χ1n) is 23.6. The van der Waals surface area contributed by atoms with Crippen LogP contribution in [-0.4, -0.2) is 46.2 Å². The first-order chi connectivity index (χ1) is 28.7. The van der Waals surface area contributed by atoms with E-state index >= 15 is 0 Å². The second kappa shape index (κ2) is 16.6. The van der Waals surface area contributed by atoms with Gasteiger partial charge in [0.1, 0.15) is 11.6 Å². The highest BCUT2D eigenvalue weighted by atomic mass is 16.4. The number of carboxylic acids is 1. The van der Waals surface area contributed by atoms with E-state index in [4.69, 9.17) is 4.98 Å². The molecule has 12 unspecified atom stereocenters. The number of nitrogens with one attached hydrogen (secondary N) is 2. The third kappa shape index (κ3) is 7.13. The average Bonchev–Trinajstić information content (AvgIpc) is 3.79. The van der Waals surface area contributed by atoms with Crippen LogP contribution >= 0.6 is 0 Å². The number of carbonyl (C=O) groups is 3. The van der Waals surface area contributed by atoms with Gasteiger partial charge in [-0.1, -0.05) is 83.5 Å². The molecule has 324 valence electrons. The zero-order valence-electron chi connectivity index (χ0n) is 37.5. The van der Waals surface area contributed by atoms with Crippen molar-refractivity contribution < 1.29 is 19.5 Å². The van der Waals surface area contributed by atoms with Gasteiger partial charge in [0.15, 0.2) is 5.78 Å². The number of rotatable bonds is 11. The zero-order chi connectivity index (χ0) is 42.7. The van der Waals surface area contributed by atoms with Crippen molar-refractivity contribution in [3.8, 4) is 11.4 Å². The molecule has 6 aliphatic carbocycles. The van der Waals surface area contributed by atoms with Crippen LogP contribution in [0.25, 0.3) is 22.4 Å². The Morgan fingerprint density at radius 2 is 1.63 bits per heavy atom. The molecule has 0 aliphatic heterocycles. The summed E-state index contributed by atoms with van der Waals surface area (Å²) in [4.78, 5) is 47.5. The quantitative estimate of drug-likeness (QED) is 0.141. The number of aromatic amines is 1. The predicted octanol–water partition coefficient (Wildman–Crippen LogP) is 10.4. The molecular weight excluding hydrogens is 745 g/mol. The average molecular weight is 817 g/mol. The highest BCUT2D eigenvalue weighted by molar-refractivity contribution is 6.00. The highest BCUT2D eigenvalue weighted by Crippen LogP contribution is 2.72. The van der Waals surface area contributed by atoms with Crippen molar-refractivity contribution >= 4 is 28.6 Å². The molecule has 0 saturated heterocycles. The van der Waals surface area contributed by atoms with Crippen molar-refractivity contribution in [2.75, 3.05) is 13.6 Å². The standard InChI is InChI=1S/C51H67N3O4.CH5N/c1-29(2)45-43(56)27-51(22-23-52-28-32-12-14-40-41(24-32)54-47(53-40)33-10-8-7-9-11-33)21-18-39-35(46(45)51)13-15-44-49(5)19-16-34(30(3)38(49)17-20-50(39,44)6)25-42(55)36-26-37(31(36)4)48(57)58;1-2/h7-12,14,24,29-31,34-39,44,52H,13,15-23,25-28H2,1-6H3,(H,53,54)(H,57,58);2H2,1H3. The summed E-state index contributed by atoms with van der Waals surface area (Å²) in [6, 6.07) is 16.8. The Bertz CT molecular complexity index is 2120. The number of Topliss-reactive ketones (excluding diaryl/α,β-unsaturated/α-hetero) is 2. The molecule has 8 heteroatoms. The number of imidazole rings is 1. The topological polar surface area (TPSA) is 138 Å². The van der Waals surface area contributed by atoms with Gasteiger partial charge >= 0.3 is 5.97 Å². The van der Waals surface area contributed by atoms with Crippen LogP contribution in [-0.2, 0) is 20.9 Å². The highest BCUT2D eigenvalue weighted by Gasteiger charge is 2.64. The number of aromatic nitrogens is 2. The number of fused-ring (bicyclic) bond motifs is 8. The lowest BCUT2D eigenvalue weighted by Gasteiger charge is -2.67. The minimum absolute atomic E-state index is 0.0192. The van der Waals surface area contributed by atoms with E-state index in [9.17, 15) is 19.5 Å². The number of aliphatic carboxylic acids is 1. The smallest absolute Gasteiger partial charge is 0.306 e. The molecular formula is C52H72N4O4. The van der Waals surface area contributed by atoms with Crippen LogP contribution in [0.15, 0.2) is 59.7 Å². The zero-order valence-corrected chi connectivity index (χ0v) is 37.5. The maximum Gasteiger partial charge on any atom is 0.306 e. The van der Waals surface area contributed by atoms with Crippen LogP contribution in [0.1, 0.15) is 124 Å². The number of nitrogens with two attached hydrogens (primary N) is 1. The van der Waals surface area contributed by atoms with Gasteiger partial charge in [-0.3, -0.25) is 14.4 Å². The fourth-order valence-electron chi connectivity index (χ4n) is 15.1. The second-order valence-corrected chi connectivity index (χ2v) is 21.1. The summed E-state index contributed by atoms with van der Waals surface area (Å²) < 4.78 is 0. The number of carboxylic acid groups (broad SMARTS) is 1. The van der Waals surface area contributed by atoms with Crippen LogP contribution in [0.2, 0.25) is 0 Å². The molecule has 9 rings (SSSR count). The summed E-state index contributed by atoms with van der Waals surface area (Å²) in [5.41, 5.74) is 12.2. The van der Waals surface area contributed by atoms with Crippen molar-refractivity contribution in [1.29, 1.82) is 0 Å². The Labute approximate surface area is 358 Å². The van der Waals surface area contributed by atoms with E-state index < -0.39 is 5.97 Å². The SMILES string of the molecule is CC(C)C1=C2C3CCC4C(C)(CCC5C(C)C(CC(=O)C6CC(C(=O)O)C6C)CCC54C)C3CCC2(CCNCc2ccc3nc(-c4ccccc4)[nH]c3c2)CC1=O.CN. The summed E-state index contributed by atoms with van der Waals surface area (Å²) in [6.07, 6.45) is 12.5. The second-order valence-electron chi connectivity index (χ2n) is 21.1. The summed E-state index contributed by atoms with van der Waals surface area (Å²) in [7, 11) is 1.50. The molecule has 60 heavy (non-hydrogen) atoms.